The molecule has 0 amide bonds. The molecule has 126 valence electrons. The lowest BCUT2D eigenvalue weighted by Crippen LogP contribution is -2.44. The molecule has 0 aromatic carbocycles. The highest BCUT2D eigenvalue weighted by Crippen LogP contribution is 2.35. The second kappa shape index (κ2) is 11.4. The minimum Gasteiger partial charge on any atom is -0.383 e. The molecule has 1 saturated carbocycles. The van der Waals surface area contributed by atoms with Gasteiger partial charge in [-0.3, -0.25) is 0 Å². The maximum atomic E-state index is 5.49. The maximum Gasteiger partial charge on any atom is 0.0593 e. The molecule has 1 fully saturated rings. The van der Waals surface area contributed by atoms with E-state index in [9.17, 15) is 0 Å². The summed E-state index contributed by atoms with van der Waals surface area (Å²) in [6, 6.07) is 0. The van der Waals surface area contributed by atoms with Crippen molar-refractivity contribution < 1.29 is 9.47 Å². The summed E-state index contributed by atoms with van der Waals surface area (Å²) in [5.74, 6) is 0. The lowest BCUT2D eigenvalue weighted by Gasteiger charge is -2.37. The molecule has 1 N–H and O–H groups in total. The summed E-state index contributed by atoms with van der Waals surface area (Å²) in [5.41, 5.74) is 0.436. The van der Waals surface area contributed by atoms with Crippen molar-refractivity contribution in [3.8, 4) is 0 Å². The van der Waals surface area contributed by atoms with E-state index in [1.54, 1.807) is 7.11 Å². The lowest BCUT2D eigenvalue weighted by molar-refractivity contribution is 0.0910. The van der Waals surface area contributed by atoms with E-state index in [0.29, 0.717) is 5.41 Å². The minimum absolute atomic E-state index is 0.436. The summed E-state index contributed by atoms with van der Waals surface area (Å²) in [7, 11) is 4.01. The lowest BCUT2D eigenvalue weighted by atomic mass is 9.79. The van der Waals surface area contributed by atoms with Gasteiger partial charge in [-0.2, -0.15) is 0 Å². The van der Waals surface area contributed by atoms with Gasteiger partial charge in [-0.1, -0.05) is 25.7 Å². The third kappa shape index (κ3) is 8.15. The van der Waals surface area contributed by atoms with Crippen LogP contribution in [0.2, 0.25) is 0 Å². The summed E-state index contributed by atoms with van der Waals surface area (Å²) >= 11 is 0. The minimum atomic E-state index is 0.436. The van der Waals surface area contributed by atoms with Crippen LogP contribution in [0, 0.1) is 5.41 Å². The van der Waals surface area contributed by atoms with E-state index < -0.39 is 0 Å². The van der Waals surface area contributed by atoms with E-state index in [-0.39, 0.29) is 0 Å². The SMILES string of the molecule is CCOCCN(C)CC1(CNCCOC)CCCCCC1. The fourth-order valence-electron chi connectivity index (χ4n) is 3.41. The predicted octanol–water partition coefficient (Wildman–Crippen LogP) is 2.53. The molecule has 0 saturated heterocycles. The monoisotopic (exact) mass is 300 g/mol. The van der Waals surface area contributed by atoms with Gasteiger partial charge in [0.2, 0.25) is 0 Å². The van der Waals surface area contributed by atoms with Crippen LogP contribution in [-0.2, 0) is 9.47 Å². The second-order valence-corrected chi connectivity index (χ2v) is 6.52. The Bertz CT molecular complexity index is 241. The Kier molecular flexibility index (Phi) is 10.3. The van der Waals surface area contributed by atoms with Gasteiger partial charge in [0.05, 0.1) is 13.2 Å². The summed E-state index contributed by atoms with van der Waals surface area (Å²) < 4.78 is 10.6. The molecule has 0 aromatic heterocycles. The first-order chi connectivity index (χ1) is 10.2. The molecule has 0 heterocycles. The zero-order valence-corrected chi connectivity index (χ0v) is 14.5. The van der Waals surface area contributed by atoms with Crippen LogP contribution in [-0.4, -0.2) is 65.1 Å². The summed E-state index contributed by atoms with van der Waals surface area (Å²) in [6.07, 6.45) is 8.28. The molecular formula is C17H36N2O2. The molecule has 0 spiro atoms. The molecule has 1 aliphatic rings. The van der Waals surface area contributed by atoms with E-state index in [1.165, 1.54) is 45.1 Å². The van der Waals surface area contributed by atoms with Crippen molar-refractivity contribution in [2.75, 3.05) is 60.2 Å². The van der Waals surface area contributed by atoms with E-state index in [1.807, 2.05) is 0 Å². The fraction of sp³-hybridized carbons (Fsp3) is 1.00. The summed E-state index contributed by atoms with van der Waals surface area (Å²) in [5, 5.41) is 3.61. The van der Waals surface area contributed by atoms with Gasteiger partial charge in [-0.15, -0.1) is 0 Å². The number of hydrogen-bond acceptors (Lipinski definition) is 4. The second-order valence-electron chi connectivity index (χ2n) is 6.52. The van der Waals surface area contributed by atoms with Crippen molar-refractivity contribution in [2.24, 2.45) is 5.41 Å². The number of rotatable bonds is 11. The van der Waals surface area contributed by atoms with E-state index in [4.69, 9.17) is 9.47 Å². The highest BCUT2D eigenvalue weighted by molar-refractivity contribution is 4.86. The first kappa shape index (κ1) is 18.9. The van der Waals surface area contributed by atoms with Gasteiger partial charge in [0.25, 0.3) is 0 Å². The fourth-order valence-corrected chi connectivity index (χ4v) is 3.41. The van der Waals surface area contributed by atoms with Crippen LogP contribution in [0.4, 0.5) is 0 Å². The Hall–Kier alpha value is -0.160. The first-order valence-electron chi connectivity index (χ1n) is 8.68. The average Bonchev–Trinajstić information content (AvgIpc) is 2.70. The molecular weight excluding hydrogens is 264 g/mol. The number of nitrogens with one attached hydrogen (secondary N) is 1. The van der Waals surface area contributed by atoms with Crippen LogP contribution in [0.1, 0.15) is 45.4 Å². The Morgan fingerprint density at radius 3 is 2.43 bits per heavy atom. The normalized spacial score (nSPS) is 18.9. The quantitative estimate of drug-likeness (QED) is 0.470. The molecule has 0 radical (unpaired) electrons. The molecule has 4 heteroatoms. The molecule has 0 aliphatic heterocycles. The highest BCUT2D eigenvalue weighted by atomic mass is 16.5. The number of nitrogens with zero attached hydrogens (tertiary/aromatic N) is 1. The summed E-state index contributed by atoms with van der Waals surface area (Å²) in [6.45, 7) is 8.82. The van der Waals surface area contributed by atoms with Gasteiger partial charge >= 0.3 is 0 Å². The topological polar surface area (TPSA) is 33.7 Å². The van der Waals surface area contributed by atoms with Crippen LogP contribution < -0.4 is 5.32 Å². The molecule has 1 rings (SSSR count). The van der Waals surface area contributed by atoms with Crippen LogP contribution in [0.5, 0.6) is 0 Å². The number of methoxy groups -OCH3 is 1. The smallest absolute Gasteiger partial charge is 0.0593 e. The van der Waals surface area contributed by atoms with E-state index in [0.717, 1.165) is 39.5 Å². The van der Waals surface area contributed by atoms with Crippen LogP contribution >= 0.6 is 0 Å². The van der Waals surface area contributed by atoms with Crippen molar-refractivity contribution >= 4 is 0 Å². The van der Waals surface area contributed by atoms with Crippen molar-refractivity contribution in [3.05, 3.63) is 0 Å². The Labute approximate surface area is 131 Å². The van der Waals surface area contributed by atoms with Crippen molar-refractivity contribution in [3.63, 3.8) is 0 Å². The average molecular weight is 300 g/mol. The van der Waals surface area contributed by atoms with Crippen LogP contribution in [0.15, 0.2) is 0 Å². The van der Waals surface area contributed by atoms with Gasteiger partial charge in [0, 0.05) is 39.9 Å². The van der Waals surface area contributed by atoms with Gasteiger partial charge in [-0.25, -0.2) is 0 Å². The Morgan fingerprint density at radius 1 is 1.10 bits per heavy atom. The molecule has 21 heavy (non-hydrogen) atoms. The number of ether oxygens (including phenoxy) is 2. The molecule has 0 aromatic rings. The third-order valence-electron chi connectivity index (χ3n) is 4.57. The molecule has 0 unspecified atom stereocenters. The largest absolute Gasteiger partial charge is 0.383 e. The van der Waals surface area contributed by atoms with Crippen LogP contribution in [0.3, 0.4) is 0 Å². The highest BCUT2D eigenvalue weighted by Gasteiger charge is 2.31. The van der Waals surface area contributed by atoms with E-state index in [2.05, 4.69) is 24.2 Å². The Morgan fingerprint density at radius 2 is 1.81 bits per heavy atom. The molecule has 0 atom stereocenters. The molecule has 1 aliphatic carbocycles. The van der Waals surface area contributed by atoms with Gasteiger partial charge in [-0.05, 0) is 32.2 Å². The molecule has 0 bridgehead atoms. The number of likely N-dealkylation sites (N-methyl/N-ethyl adjacent to an activating group) is 1. The zero-order chi connectivity index (χ0) is 15.4. The standard InChI is InChI=1S/C17H36N2O2/c1-4-21-14-12-19(2)16-17(15-18-11-13-20-3)9-7-5-6-8-10-17/h18H,4-16H2,1-3H3. The van der Waals surface area contributed by atoms with Crippen molar-refractivity contribution in [2.45, 2.75) is 45.4 Å². The van der Waals surface area contributed by atoms with Gasteiger partial charge in [0.15, 0.2) is 0 Å². The molecule has 4 nitrogen and oxygen atoms in total. The number of hydrogen-bond donors (Lipinski definition) is 1. The van der Waals surface area contributed by atoms with Crippen molar-refractivity contribution in [1.29, 1.82) is 0 Å². The Balaban J connectivity index is 2.45. The van der Waals surface area contributed by atoms with Gasteiger partial charge < -0.3 is 19.7 Å². The van der Waals surface area contributed by atoms with Gasteiger partial charge in [0.1, 0.15) is 0 Å². The maximum absolute atomic E-state index is 5.49. The van der Waals surface area contributed by atoms with Crippen molar-refractivity contribution in [1.82, 2.24) is 10.2 Å². The predicted molar refractivity (Wildman–Crippen MR) is 88.9 cm³/mol. The van der Waals surface area contributed by atoms with E-state index >= 15 is 0 Å². The third-order valence-corrected chi connectivity index (χ3v) is 4.57. The zero-order valence-electron chi connectivity index (χ0n) is 14.5. The first-order valence-corrected chi connectivity index (χ1v) is 8.68. The summed E-state index contributed by atoms with van der Waals surface area (Å²) in [4.78, 5) is 2.46. The van der Waals surface area contributed by atoms with Crippen LogP contribution in [0.25, 0.3) is 0 Å².